The van der Waals surface area contributed by atoms with Crippen LogP contribution in [0.1, 0.15) is 17.7 Å². The van der Waals surface area contributed by atoms with Gasteiger partial charge in [0.05, 0.1) is 6.61 Å². The second-order valence-corrected chi connectivity index (χ2v) is 5.29. The van der Waals surface area contributed by atoms with Crippen LogP contribution in [0, 0.1) is 5.82 Å². The van der Waals surface area contributed by atoms with Gasteiger partial charge in [0.25, 0.3) is 0 Å². The Labute approximate surface area is 122 Å². The summed E-state index contributed by atoms with van der Waals surface area (Å²) >= 11 is 1.36. The third-order valence-corrected chi connectivity index (χ3v) is 3.92. The molecule has 0 aliphatic carbocycles. The van der Waals surface area contributed by atoms with E-state index in [9.17, 15) is 9.18 Å². The summed E-state index contributed by atoms with van der Waals surface area (Å²) in [7, 11) is 0. The number of carbonyl (C=O) groups excluding carboxylic acids is 1. The van der Waals surface area contributed by atoms with Crippen molar-refractivity contribution in [3.05, 3.63) is 66.0 Å². The lowest BCUT2D eigenvalue weighted by Crippen LogP contribution is -2.13. The number of hydrogen-bond acceptors (Lipinski definition) is 3. The summed E-state index contributed by atoms with van der Waals surface area (Å²) in [6.07, 6.45) is 0. The fourth-order valence-corrected chi connectivity index (χ4v) is 2.77. The minimum Gasteiger partial charge on any atom is -0.465 e. The lowest BCUT2D eigenvalue weighted by atomic mass is 10.1. The lowest BCUT2D eigenvalue weighted by Gasteiger charge is -2.15. The molecule has 104 valence electrons. The van der Waals surface area contributed by atoms with Gasteiger partial charge in [0.1, 0.15) is 11.1 Å². The molecule has 2 rings (SSSR count). The van der Waals surface area contributed by atoms with E-state index in [1.165, 1.54) is 23.9 Å². The van der Waals surface area contributed by atoms with Gasteiger partial charge in [0.15, 0.2) is 0 Å². The van der Waals surface area contributed by atoms with Crippen molar-refractivity contribution < 1.29 is 13.9 Å². The fourth-order valence-electron chi connectivity index (χ4n) is 1.75. The van der Waals surface area contributed by atoms with E-state index in [-0.39, 0.29) is 11.8 Å². The van der Waals surface area contributed by atoms with E-state index in [0.717, 1.165) is 10.5 Å². The summed E-state index contributed by atoms with van der Waals surface area (Å²) in [5.74, 6) is -0.574. The third-order valence-electron chi connectivity index (χ3n) is 2.67. The van der Waals surface area contributed by atoms with E-state index < -0.39 is 5.25 Å². The van der Waals surface area contributed by atoms with Crippen LogP contribution >= 0.6 is 11.8 Å². The Bertz CT molecular complexity index is 554. The number of rotatable bonds is 5. The molecule has 20 heavy (non-hydrogen) atoms. The molecule has 0 N–H and O–H groups in total. The molecular weight excluding hydrogens is 275 g/mol. The predicted molar refractivity (Wildman–Crippen MR) is 78.1 cm³/mol. The Hall–Kier alpha value is -1.81. The molecule has 0 spiro atoms. The highest BCUT2D eigenvalue weighted by molar-refractivity contribution is 8.00. The molecule has 4 heteroatoms. The molecule has 0 heterocycles. The van der Waals surface area contributed by atoms with Gasteiger partial charge in [0, 0.05) is 4.90 Å². The maximum atomic E-state index is 12.9. The van der Waals surface area contributed by atoms with Crippen molar-refractivity contribution in [2.45, 2.75) is 17.1 Å². The second kappa shape index (κ2) is 7.10. The van der Waals surface area contributed by atoms with Gasteiger partial charge >= 0.3 is 5.97 Å². The second-order valence-electron chi connectivity index (χ2n) is 4.11. The molecule has 1 atom stereocenters. The van der Waals surface area contributed by atoms with E-state index >= 15 is 0 Å². The van der Waals surface area contributed by atoms with E-state index in [0.29, 0.717) is 6.61 Å². The predicted octanol–water partition coefficient (Wildman–Crippen LogP) is 4.22. The van der Waals surface area contributed by atoms with E-state index in [1.807, 2.05) is 30.3 Å². The summed E-state index contributed by atoms with van der Waals surface area (Å²) in [6, 6.07) is 15.5. The van der Waals surface area contributed by atoms with E-state index in [4.69, 9.17) is 4.74 Å². The SMILES string of the molecule is CCOC(=O)[C@@H](Sc1ccc(F)cc1)c1ccccc1. The summed E-state index contributed by atoms with van der Waals surface area (Å²) in [5.41, 5.74) is 0.875. The van der Waals surface area contributed by atoms with Crippen LogP contribution in [0.4, 0.5) is 4.39 Å². The van der Waals surface area contributed by atoms with Crippen molar-refractivity contribution in [3.8, 4) is 0 Å². The highest BCUT2D eigenvalue weighted by atomic mass is 32.2. The minimum atomic E-state index is -0.443. The molecule has 2 aromatic rings. The minimum absolute atomic E-state index is 0.284. The Morgan fingerprint density at radius 2 is 1.80 bits per heavy atom. The first-order chi connectivity index (χ1) is 9.70. The largest absolute Gasteiger partial charge is 0.465 e. The highest BCUT2D eigenvalue weighted by Gasteiger charge is 2.23. The van der Waals surface area contributed by atoms with Crippen molar-refractivity contribution in [2.24, 2.45) is 0 Å². The van der Waals surface area contributed by atoms with Gasteiger partial charge in [0.2, 0.25) is 0 Å². The number of carbonyl (C=O) groups is 1. The summed E-state index contributed by atoms with van der Waals surface area (Å²) in [6.45, 7) is 2.12. The summed E-state index contributed by atoms with van der Waals surface area (Å²) in [5, 5.41) is -0.443. The van der Waals surface area contributed by atoms with Crippen molar-refractivity contribution in [2.75, 3.05) is 6.61 Å². The number of esters is 1. The monoisotopic (exact) mass is 290 g/mol. The van der Waals surface area contributed by atoms with Crippen molar-refractivity contribution in [1.82, 2.24) is 0 Å². The molecule has 0 bridgehead atoms. The zero-order chi connectivity index (χ0) is 14.4. The summed E-state index contributed by atoms with van der Waals surface area (Å²) < 4.78 is 18.0. The van der Waals surface area contributed by atoms with Crippen molar-refractivity contribution in [3.63, 3.8) is 0 Å². The topological polar surface area (TPSA) is 26.3 Å². The molecule has 0 saturated carbocycles. The molecule has 0 saturated heterocycles. The summed E-state index contributed by atoms with van der Waals surface area (Å²) in [4.78, 5) is 12.9. The first kappa shape index (κ1) is 14.6. The Balaban J connectivity index is 2.23. The lowest BCUT2D eigenvalue weighted by molar-refractivity contribution is -0.142. The van der Waals surface area contributed by atoms with Crippen LogP contribution in [-0.4, -0.2) is 12.6 Å². The molecular formula is C16H15FO2S. The normalized spacial score (nSPS) is 11.9. The van der Waals surface area contributed by atoms with Gasteiger partial charge in [-0.3, -0.25) is 4.79 Å². The van der Waals surface area contributed by atoms with E-state index in [2.05, 4.69) is 0 Å². The molecule has 2 nitrogen and oxygen atoms in total. The van der Waals surface area contributed by atoms with Crippen molar-refractivity contribution in [1.29, 1.82) is 0 Å². The molecule has 0 aromatic heterocycles. The van der Waals surface area contributed by atoms with Crippen molar-refractivity contribution >= 4 is 17.7 Å². The van der Waals surface area contributed by atoms with E-state index in [1.54, 1.807) is 19.1 Å². The standard InChI is InChI=1S/C16H15FO2S/c1-2-19-16(18)15(12-6-4-3-5-7-12)20-14-10-8-13(17)9-11-14/h3-11,15H,2H2,1H3/t15-/m0/s1. The zero-order valence-corrected chi connectivity index (χ0v) is 11.9. The number of hydrogen-bond donors (Lipinski definition) is 0. The molecule has 0 radical (unpaired) electrons. The van der Waals surface area contributed by atoms with Crippen LogP contribution in [0.5, 0.6) is 0 Å². The van der Waals surface area contributed by atoms with Crippen LogP contribution in [0.15, 0.2) is 59.5 Å². The highest BCUT2D eigenvalue weighted by Crippen LogP contribution is 2.36. The first-order valence-corrected chi connectivity index (χ1v) is 7.22. The number of ether oxygens (including phenoxy) is 1. The van der Waals surface area contributed by atoms with Crippen LogP contribution < -0.4 is 0 Å². The molecule has 0 fully saturated rings. The quantitative estimate of drug-likeness (QED) is 0.609. The fraction of sp³-hybridized carbons (Fsp3) is 0.188. The van der Waals surface area contributed by atoms with Gasteiger partial charge in [-0.15, -0.1) is 11.8 Å². The van der Waals surface area contributed by atoms with Gasteiger partial charge in [-0.25, -0.2) is 4.39 Å². The maximum absolute atomic E-state index is 12.9. The molecule has 0 aliphatic rings. The average molecular weight is 290 g/mol. The van der Waals surface area contributed by atoms with Gasteiger partial charge in [-0.1, -0.05) is 30.3 Å². The Morgan fingerprint density at radius 3 is 2.40 bits per heavy atom. The molecule has 0 aliphatic heterocycles. The third kappa shape index (κ3) is 3.84. The average Bonchev–Trinajstić information content (AvgIpc) is 2.48. The number of benzene rings is 2. The van der Waals surface area contributed by atoms with Crippen LogP contribution in [0.3, 0.4) is 0 Å². The van der Waals surface area contributed by atoms with Gasteiger partial charge in [-0.05, 0) is 36.8 Å². The van der Waals surface area contributed by atoms with Crippen LogP contribution in [0.2, 0.25) is 0 Å². The smallest absolute Gasteiger partial charge is 0.323 e. The number of thioether (sulfide) groups is 1. The van der Waals surface area contributed by atoms with Gasteiger partial charge in [-0.2, -0.15) is 0 Å². The van der Waals surface area contributed by atoms with Gasteiger partial charge < -0.3 is 4.74 Å². The molecule has 0 unspecified atom stereocenters. The van der Waals surface area contributed by atoms with Crippen LogP contribution in [0.25, 0.3) is 0 Å². The Kier molecular flexibility index (Phi) is 5.18. The first-order valence-electron chi connectivity index (χ1n) is 6.34. The zero-order valence-electron chi connectivity index (χ0n) is 11.1. The number of halogens is 1. The maximum Gasteiger partial charge on any atom is 0.323 e. The Morgan fingerprint density at radius 1 is 1.15 bits per heavy atom. The molecule has 2 aromatic carbocycles. The van der Waals surface area contributed by atoms with Crippen LogP contribution in [-0.2, 0) is 9.53 Å². The molecule has 0 amide bonds.